The second-order valence-corrected chi connectivity index (χ2v) is 11.2. The predicted molar refractivity (Wildman–Crippen MR) is 147 cm³/mol. The van der Waals surface area contributed by atoms with Crippen LogP contribution in [0.25, 0.3) is 16.8 Å². The van der Waals surface area contributed by atoms with Crippen molar-refractivity contribution in [1.82, 2.24) is 19.3 Å². The normalized spacial score (nSPS) is 11.6. The number of rotatable bonds is 10. The van der Waals surface area contributed by atoms with Crippen LogP contribution < -0.4 is 15.0 Å². The van der Waals surface area contributed by atoms with E-state index in [-0.39, 0.29) is 22.4 Å². The molecule has 0 bridgehead atoms. The number of para-hydroxylation sites is 1. The standard InChI is InChI=1S/C28H32N4O6S/c1-6-7-11-24-30-27(33)26(28(34)32(24)25-22(37-4)9-8-10-23(25)38-5)39(35,36)21-14-12-19(13-15-21)20-16-29-31(17-20)18(2)3/h8-10,12-18,34H,6-7,11H2,1-5H3. The van der Waals surface area contributed by atoms with E-state index in [2.05, 4.69) is 10.1 Å². The molecule has 2 aromatic carbocycles. The molecule has 2 heterocycles. The van der Waals surface area contributed by atoms with E-state index in [4.69, 9.17) is 9.47 Å². The van der Waals surface area contributed by atoms with E-state index >= 15 is 0 Å². The van der Waals surface area contributed by atoms with Gasteiger partial charge in [0.15, 0.2) is 4.90 Å². The second kappa shape index (κ2) is 11.3. The molecule has 2 aromatic heterocycles. The van der Waals surface area contributed by atoms with Gasteiger partial charge in [0.25, 0.3) is 5.56 Å². The number of aromatic hydroxyl groups is 1. The highest BCUT2D eigenvalue weighted by molar-refractivity contribution is 7.91. The average Bonchev–Trinajstić information content (AvgIpc) is 3.42. The fourth-order valence-corrected chi connectivity index (χ4v) is 5.61. The minimum absolute atomic E-state index is 0.156. The Kier molecular flexibility index (Phi) is 8.10. The maximum atomic E-state index is 13.7. The van der Waals surface area contributed by atoms with Gasteiger partial charge in [-0.1, -0.05) is 31.5 Å². The van der Waals surface area contributed by atoms with Gasteiger partial charge in [0.05, 0.1) is 25.3 Å². The number of aryl methyl sites for hydroxylation is 1. The lowest BCUT2D eigenvalue weighted by Crippen LogP contribution is -2.25. The molecule has 0 aliphatic carbocycles. The smallest absolute Gasteiger partial charge is 0.296 e. The first kappa shape index (κ1) is 27.9. The Balaban J connectivity index is 1.89. The molecular formula is C28H32N4O6S. The zero-order valence-corrected chi connectivity index (χ0v) is 23.4. The summed E-state index contributed by atoms with van der Waals surface area (Å²) < 4.78 is 41.5. The first-order valence-corrected chi connectivity index (χ1v) is 14.1. The van der Waals surface area contributed by atoms with Crippen LogP contribution in [0.4, 0.5) is 0 Å². The van der Waals surface area contributed by atoms with Gasteiger partial charge in [0.1, 0.15) is 23.0 Å². The zero-order valence-electron chi connectivity index (χ0n) is 22.6. The van der Waals surface area contributed by atoms with Crippen LogP contribution in [-0.2, 0) is 16.3 Å². The molecular weight excluding hydrogens is 520 g/mol. The van der Waals surface area contributed by atoms with Crippen LogP contribution in [0.1, 0.15) is 45.5 Å². The average molecular weight is 553 g/mol. The minimum atomic E-state index is -4.46. The van der Waals surface area contributed by atoms with Crippen LogP contribution in [0.5, 0.6) is 17.4 Å². The first-order chi connectivity index (χ1) is 18.6. The summed E-state index contributed by atoms with van der Waals surface area (Å²) in [5.41, 5.74) is 0.788. The maximum absolute atomic E-state index is 13.7. The number of aromatic nitrogens is 4. The van der Waals surface area contributed by atoms with Crippen molar-refractivity contribution in [2.24, 2.45) is 0 Å². The van der Waals surface area contributed by atoms with Crippen LogP contribution in [0.15, 0.2) is 69.4 Å². The highest BCUT2D eigenvalue weighted by atomic mass is 32.2. The highest BCUT2D eigenvalue weighted by Gasteiger charge is 2.31. The lowest BCUT2D eigenvalue weighted by molar-refractivity contribution is 0.374. The van der Waals surface area contributed by atoms with Crippen molar-refractivity contribution in [3.63, 3.8) is 0 Å². The lowest BCUT2D eigenvalue weighted by atomic mass is 10.1. The molecule has 11 heteroatoms. The van der Waals surface area contributed by atoms with Crippen molar-refractivity contribution in [1.29, 1.82) is 0 Å². The molecule has 0 atom stereocenters. The Labute approximate surface area is 227 Å². The van der Waals surface area contributed by atoms with Crippen molar-refractivity contribution < 1.29 is 23.0 Å². The van der Waals surface area contributed by atoms with Crippen molar-refractivity contribution in [2.75, 3.05) is 14.2 Å². The number of benzene rings is 2. The molecule has 0 aliphatic heterocycles. The summed E-state index contributed by atoms with van der Waals surface area (Å²) in [6.45, 7) is 5.99. The van der Waals surface area contributed by atoms with Crippen LogP contribution in [0, 0.1) is 0 Å². The third-order valence-corrected chi connectivity index (χ3v) is 8.16. The van der Waals surface area contributed by atoms with E-state index in [1.807, 2.05) is 27.0 Å². The van der Waals surface area contributed by atoms with Gasteiger partial charge >= 0.3 is 0 Å². The van der Waals surface area contributed by atoms with Crippen molar-refractivity contribution in [3.8, 4) is 34.2 Å². The number of methoxy groups -OCH3 is 2. The van der Waals surface area contributed by atoms with Gasteiger partial charge in [0.2, 0.25) is 15.7 Å². The van der Waals surface area contributed by atoms with Crippen molar-refractivity contribution >= 4 is 9.84 Å². The molecule has 206 valence electrons. The van der Waals surface area contributed by atoms with E-state index in [1.54, 1.807) is 41.2 Å². The number of sulfone groups is 1. The van der Waals surface area contributed by atoms with Crippen LogP contribution >= 0.6 is 0 Å². The first-order valence-electron chi connectivity index (χ1n) is 12.6. The minimum Gasteiger partial charge on any atom is -0.494 e. The van der Waals surface area contributed by atoms with Crippen LogP contribution in [0.3, 0.4) is 0 Å². The molecule has 0 fully saturated rings. The summed E-state index contributed by atoms with van der Waals surface area (Å²) in [6.07, 6.45) is 5.35. The largest absolute Gasteiger partial charge is 0.494 e. The molecule has 0 saturated heterocycles. The van der Waals surface area contributed by atoms with Gasteiger partial charge in [-0.3, -0.25) is 14.0 Å². The number of ether oxygens (including phenoxy) is 2. The molecule has 39 heavy (non-hydrogen) atoms. The third kappa shape index (κ3) is 5.26. The van der Waals surface area contributed by atoms with E-state index in [0.717, 1.165) is 17.5 Å². The number of unbranched alkanes of at least 4 members (excludes halogenated alkanes) is 1. The van der Waals surface area contributed by atoms with Crippen LogP contribution in [0.2, 0.25) is 0 Å². The van der Waals surface area contributed by atoms with E-state index in [9.17, 15) is 18.3 Å². The van der Waals surface area contributed by atoms with Crippen LogP contribution in [-0.4, -0.2) is 47.1 Å². The lowest BCUT2D eigenvalue weighted by Gasteiger charge is -2.21. The quantitative estimate of drug-likeness (QED) is 0.303. The fourth-order valence-electron chi connectivity index (χ4n) is 4.28. The van der Waals surface area contributed by atoms with Gasteiger partial charge in [-0.2, -0.15) is 10.1 Å². The fraction of sp³-hybridized carbons (Fsp3) is 0.321. The molecule has 0 unspecified atom stereocenters. The SMILES string of the molecule is CCCCc1nc(=O)c(S(=O)(=O)c2ccc(-c3cnn(C(C)C)c3)cc2)c(O)n1-c1c(OC)cccc1OC. The molecule has 0 aliphatic rings. The predicted octanol–water partition coefficient (Wildman–Crippen LogP) is 4.58. The molecule has 4 aromatic rings. The monoisotopic (exact) mass is 552 g/mol. The van der Waals surface area contributed by atoms with Gasteiger partial charge in [-0.05, 0) is 50.1 Å². The Morgan fingerprint density at radius 3 is 2.18 bits per heavy atom. The van der Waals surface area contributed by atoms with Crippen molar-refractivity contribution in [2.45, 2.75) is 55.9 Å². The molecule has 0 amide bonds. The van der Waals surface area contributed by atoms with Crippen molar-refractivity contribution in [3.05, 3.63) is 71.0 Å². The Morgan fingerprint density at radius 2 is 1.64 bits per heavy atom. The maximum Gasteiger partial charge on any atom is 0.296 e. The molecule has 10 nitrogen and oxygen atoms in total. The van der Waals surface area contributed by atoms with Gasteiger partial charge in [0, 0.05) is 24.2 Å². The van der Waals surface area contributed by atoms with E-state index < -0.39 is 26.2 Å². The summed E-state index contributed by atoms with van der Waals surface area (Å²) in [5, 5.41) is 15.8. The molecule has 0 radical (unpaired) electrons. The molecule has 0 saturated carbocycles. The third-order valence-electron chi connectivity index (χ3n) is 6.37. The highest BCUT2D eigenvalue weighted by Crippen LogP contribution is 2.38. The molecule has 4 rings (SSSR count). The Bertz CT molecular complexity index is 1620. The van der Waals surface area contributed by atoms with Gasteiger partial charge in [-0.15, -0.1) is 0 Å². The Morgan fingerprint density at radius 1 is 1.00 bits per heavy atom. The summed E-state index contributed by atoms with van der Waals surface area (Å²) in [6, 6.07) is 11.2. The molecule has 1 N–H and O–H groups in total. The second-order valence-electron chi connectivity index (χ2n) is 9.27. The summed E-state index contributed by atoms with van der Waals surface area (Å²) in [5.74, 6) is 0.0507. The Hall–Kier alpha value is -4.12. The molecule has 0 spiro atoms. The van der Waals surface area contributed by atoms with Gasteiger partial charge in [-0.25, -0.2) is 8.42 Å². The number of hydrogen-bond donors (Lipinski definition) is 1. The number of nitrogens with zero attached hydrogens (tertiary/aromatic N) is 4. The summed E-state index contributed by atoms with van der Waals surface area (Å²) in [4.78, 5) is 16.3. The topological polar surface area (TPSA) is 126 Å². The number of hydrogen-bond acceptors (Lipinski definition) is 8. The van der Waals surface area contributed by atoms with Gasteiger partial charge < -0.3 is 14.6 Å². The van der Waals surface area contributed by atoms with E-state index in [1.165, 1.54) is 30.9 Å². The zero-order chi connectivity index (χ0) is 28.3. The summed E-state index contributed by atoms with van der Waals surface area (Å²) in [7, 11) is -1.57. The summed E-state index contributed by atoms with van der Waals surface area (Å²) >= 11 is 0. The van der Waals surface area contributed by atoms with E-state index in [0.29, 0.717) is 24.3 Å².